The molecule has 1 unspecified atom stereocenters. The Balaban J connectivity index is 2.74. The number of anilines is 1. The highest BCUT2D eigenvalue weighted by molar-refractivity contribution is 7.99. The van der Waals surface area contributed by atoms with Crippen molar-refractivity contribution in [3.8, 4) is 0 Å². The number of benzene rings is 1. The molecule has 2 N–H and O–H groups in total. The molecule has 2 amide bonds. The minimum absolute atomic E-state index is 0.0231. The number of carbonyl (C=O) groups is 1. The summed E-state index contributed by atoms with van der Waals surface area (Å²) in [6, 6.07) is 5.93. The van der Waals surface area contributed by atoms with Gasteiger partial charge in [-0.25, -0.2) is 4.79 Å². The number of nitrogens with one attached hydrogen (secondary N) is 1. The van der Waals surface area contributed by atoms with E-state index in [9.17, 15) is 4.79 Å². The summed E-state index contributed by atoms with van der Waals surface area (Å²) in [6.45, 7) is 9.19. The summed E-state index contributed by atoms with van der Waals surface area (Å²) in [7, 11) is 0. The van der Waals surface area contributed by atoms with Crippen LogP contribution in [0.15, 0.2) is 23.1 Å². The largest absolute Gasteiger partial charge is 0.395 e. The van der Waals surface area contributed by atoms with Crippen molar-refractivity contribution < 1.29 is 9.90 Å². The zero-order valence-electron chi connectivity index (χ0n) is 13.3. The van der Waals surface area contributed by atoms with Gasteiger partial charge in [-0.15, -0.1) is 11.8 Å². The van der Waals surface area contributed by atoms with Gasteiger partial charge in [0.25, 0.3) is 0 Å². The monoisotopic (exact) mass is 310 g/mol. The molecule has 5 heteroatoms. The van der Waals surface area contributed by atoms with E-state index >= 15 is 0 Å². The van der Waals surface area contributed by atoms with Crippen LogP contribution < -0.4 is 5.32 Å². The average Bonchev–Trinajstić information content (AvgIpc) is 2.47. The van der Waals surface area contributed by atoms with Gasteiger partial charge in [-0.1, -0.05) is 13.8 Å². The third-order valence-electron chi connectivity index (χ3n) is 3.39. The van der Waals surface area contributed by atoms with Gasteiger partial charge in [-0.2, -0.15) is 0 Å². The van der Waals surface area contributed by atoms with Crippen LogP contribution in [0, 0.1) is 6.92 Å². The quantitative estimate of drug-likeness (QED) is 0.755. The summed E-state index contributed by atoms with van der Waals surface area (Å²) in [5.41, 5.74) is 1.88. The number of thioether (sulfide) groups is 1. The van der Waals surface area contributed by atoms with Crippen LogP contribution in [-0.4, -0.2) is 41.0 Å². The number of hydrogen-bond donors (Lipinski definition) is 2. The number of likely N-dealkylation sites (N-methyl/N-ethyl adjacent to an activating group) is 1. The van der Waals surface area contributed by atoms with Gasteiger partial charge in [0.2, 0.25) is 0 Å². The van der Waals surface area contributed by atoms with Crippen molar-refractivity contribution in [3.63, 3.8) is 0 Å². The zero-order chi connectivity index (χ0) is 15.8. The molecule has 1 rings (SSSR count). The van der Waals surface area contributed by atoms with Crippen LogP contribution in [-0.2, 0) is 0 Å². The first-order valence-corrected chi connectivity index (χ1v) is 8.33. The lowest BCUT2D eigenvalue weighted by atomic mass is 10.2. The van der Waals surface area contributed by atoms with Gasteiger partial charge in [0.15, 0.2) is 0 Å². The maximum Gasteiger partial charge on any atom is 0.321 e. The fourth-order valence-corrected chi connectivity index (χ4v) is 2.91. The normalized spacial score (nSPS) is 12.0. The Labute approximate surface area is 131 Å². The van der Waals surface area contributed by atoms with Crippen molar-refractivity contribution in [1.29, 1.82) is 0 Å². The molecule has 0 aliphatic rings. The van der Waals surface area contributed by atoms with Gasteiger partial charge in [-0.3, -0.25) is 0 Å². The number of aliphatic hydroxyl groups is 1. The van der Waals surface area contributed by atoms with Gasteiger partial charge in [0, 0.05) is 28.9 Å². The molecule has 0 saturated carbocycles. The van der Waals surface area contributed by atoms with Gasteiger partial charge in [0.05, 0.1) is 6.61 Å². The minimum atomic E-state index is -0.169. The van der Waals surface area contributed by atoms with E-state index < -0.39 is 0 Å². The summed E-state index contributed by atoms with van der Waals surface area (Å²) in [6.07, 6.45) is 1.13. The van der Waals surface area contributed by atoms with E-state index in [1.54, 1.807) is 4.90 Å². The van der Waals surface area contributed by atoms with Crippen LogP contribution in [0.2, 0.25) is 0 Å². The fourth-order valence-electron chi connectivity index (χ4n) is 1.88. The molecule has 0 aromatic heterocycles. The van der Waals surface area contributed by atoms with Crippen molar-refractivity contribution in [2.45, 2.75) is 44.3 Å². The van der Waals surface area contributed by atoms with E-state index in [0.717, 1.165) is 17.7 Å². The number of urea groups is 1. The molecule has 0 radical (unpaired) electrons. The number of carbonyl (C=O) groups excluding carboxylic acids is 1. The second kappa shape index (κ2) is 8.95. The second-order valence-electron chi connectivity index (χ2n) is 5.05. The number of amides is 2. The fraction of sp³-hybridized carbons (Fsp3) is 0.562. The molecule has 0 fully saturated rings. The van der Waals surface area contributed by atoms with Crippen LogP contribution in [0.25, 0.3) is 0 Å². The van der Waals surface area contributed by atoms with E-state index in [1.807, 2.05) is 37.7 Å². The molecule has 118 valence electrons. The van der Waals surface area contributed by atoms with Crippen LogP contribution in [0.1, 0.15) is 32.8 Å². The Morgan fingerprint density at radius 2 is 2.14 bits per heavy atom. The second-order valence-corrected chi connectivity index (χ2v) is 6.56. The maximum atomic E-state index is 12.1. The van der Waals surface area contributed by atoms with Crippen molar-refractivity contribution in [3.05, 3.63) is 23.8 Å². The van der Waals surface area contributed by atoms with Gasteiger partial charge in [-0.05, 0) is 44.0 Å². The Bertz CT molecular complexity index is 466. The van der Waals surface area contributed by atoms with E-state index in [1.165, 1.54) is 4.90 Å². The van der Waals surface area contributed by atoms with Gasteiger partial charge in [0.1, 0.15) is 0 Å². The lowest BCUT2D eigenvalue weighted by molar-refractivity contribution is 0.192. The van der Waals surface area contributed by atoms with E-state index in [4.69, 9.17) is 5.11 Å². The first-order valence-electron chi connectivity index (χ1n) is 7.45. The molecule has 0 bridgehead atoms. The number of rotatable bonds is 7. The smallest absolute Gasteiger partial charge is 0.321 e. The van der Waals surface area contributed by atoms with Crippen molar-refractivity contribution in [2.24, 2.45) is 0 Å². The van der Waals surface area contributed by atoms with E-state index in [-0.39, 0.29) is 12.6 Å². The van der Waals surface area contributed by atoms with E-state index in [0.29, 0.717) is 18.3 Å². The molecule has 1 aromatic rings. The van der Waals surface area contributed by atoms with Crippen LogP contribution in [0.3, 0.4) is 0 Å². The molecular weight excluding hydrogens is 284 g/mol. The Morgan fingerprint density at radius 3 is 2.67 bits per heavy atom. The summed E-state index contributed by atoms with van der Waals surface area (Å²) < 4.78 is 0. The first kappa shape index (κ1) is 17.9. The average molecular weight is 310 g/mol. The third kappa shape index (κ3) is 5.59. The minimum Gasteiger partial charge on any atom is -0.395 e. The standard InChI is InChI=1S/C16H26N2O2S/c1-5-13(4)21-14-7-8-15(12(3)11-14)17-16(20)18(6-2)9-10-19/h7-8,11,13,19H,5-6,9-10H2,1-4H3,(H,17,20). The first-order chi connectivity index (χ1) is 10.0. The summed E-state index contributed by atoms with van der Waals surface area (Å²) >= 11 is 1.85. The van der Waals surface area contributed by atoms with Crippen molar-refractivity contribution in [1.82, 2.24) is 4.90 Å². The summed E-state index contributed by atoms with van der Waals surface area (Å²) in [5, 5.41) is 12.5. The predicted octanol–water partition coefficient (Wildman–Crippen LogP) is 3.73. The number of nitrogens with zero attached hydrogens (tertiary/aromatic N) is 1. The molecule has 0 spiro atoms. The molecule has 0 saturated heterocycles. The van der Waals surface area contributed by atoms with Crippen LogP contribution >= 0.6 is 11.8 Å². The summed E-state index contributed by atoms with van der Waals surface area (Å²) in [5.74, 6) is 0. The highest BCUT2D eigenvalue weighted by atomic mass is 32.2. The van der Waals surface area contributed by atoms with Gasteiger partial charge < -0.3 is 15.3 Å². The lowest BCUT2D eigenvalue weighted by Crippen LogP contribution is -2.36. The van der Waals surface area contributed by atoms with Gasteiger partial charge >= 0.3 is 6.03 Å². The van der Waals surface area contributed by atoms with Crippen LogP contribution in [0.5, 0.6) is 0 Å². The number of hydrogen-bond acceptors (Lipinski definition) is 3. The highest BCUT2D eigenvalue weighted by Crippen LogP contribution is 2.28. The predicted molar refractivity (Wildman–Crippen MR) is 90.1 cm³/mol. The molecular formula is C16H26N2O2S. The van der Waals surface area contributed by atoms with E-state index in [2.05, 4.69) is 25.2 Å². The maximum absolute atomic E-state index is 12.1. The molecule has 1 aromatic carbocycles. The third-order valence-corrected chi connectivity index (χ3v) is 4.65. The Kier molecular flexibility index (Phi) is 7.61. The number of aliphatic hydroxyl groups excluding tert-OH is 1. The topological polar surface area (TPSA) is 52.6 Å². The van der Waals surface area contributed by atoms with Crippen LogP contribution in [0.4, 0.5) is 10.5 Å². The molecule has 21 heavy (non-hydrogen) atoms. The SMILES string of the molecule is CCC(C)Sc1ccc(NC(=O)N(CC)CCO)c(C)c1. The Hall–Kier alpha value is -1.20. The van der Waals surface area contributed by atoms with Crippen molar-refractivity contribution in [2.75, 3.05) is 25.0 Å². The molecule has 0 aliphatic carbocycles. The molecule has 0 heterocycles. The number of aryl methyl sites for hydroxylation is 1. The summed E-state index contributed by atoms with van der Waals surface area (Å²) in [4.78, 5) is 14.9. The Morgan fingerprint density at radius 1 is 1.43 bits per heavy atom. The molecule has 4 nitrogen and oxygen atoms in total. The molecule has 0 aliphatic heterocycles. The highest BCUT2D eigenvalue weighted by Gasteiger charge is 2.12. The van der Waals surface area contributed by atoms with Crippen molar-refractivity contribution >= 4 is 23.5 Å². The molecule has 1 atom stereocenters. The zero-order valence-corrected chi connectivity index (χ0v) is 14.2. The lowest BCUT2D eigenvalue weighted by Gasteiger charge is -2.21.